The second kappa shape index (κ2) is 7.64. The Labute approximate surface area is 137 Å². The SMILES string of the molecule is CN(CC1CCCC1O)C(=O)NCc1ccc(N(C)C)c(F)c1. The van der Waals surface area contributed by atoms with E-state index < -0.39 is 0 Å². The molecular formula is C17H26FN3O2. The van der Waals surface area contributed by atoms with E-state index in [9.17, 15) is 14.3 Å². The first kappa shape index (κ1) is 17.5. The van der Waals surface area contributed by atoms with E-state index in [0.717, 1.165) is 24.8 Å². The minimum Gasteiger partial charge on any atom is -0.393 e. The number of carbonyl (C=O) groups is 1. The van der Waals surface area contributed by atoms with Crippen LogP contribution in [0.4, 0.5) is 14.9 Å². The highest BCUT2D eigenvalue weighted by Gasteiger charge is 2.27. The quantitative estimate of drug-likeness (QED) is 0.873. The molecule has 6 heteroatoms. The molecule has 0 saturated heterocycles. The van der Waals surface area contributed by atoms with Crippen LogP contribution in [-0.4, -0.2) is 49.8 Å². The summed E-state index contributed by atoms with van der Waals surface area (Å²) >= 11 is 0. The van der Waals surface area contributed by atoms with Crippen molar-refractivity contribution in [3.8, 4) is 0 Å². The van der Waals surface area contributed by atoms with E-state index >= 15 is 0 Å². The van der Waals surface area contributed by atoms with Crippen LogP contribution < -0.4 is 10.2 Å². The molecule has 23 heavy (non-hydrogen) atoms. The molecule has 1 fully saturated rings. The minimum atomic E-state index is -0.307. The Morgan fingerprint density at radius 2 is 2.09 bits per heavy atom. The van der Waals surface area contributed by atoms with Crippen molar-refractivity contribution in [2.75, 3.05) is 32.6 Å². The first-order chi connectivity index (χ1) is 10.9. The number of hydrogen-bond acceptors (Lipinski definition) is 3. The molecule has 2 unspecified atom stereocenters. The summed E-state index contributed by atoms with van der Waals surface area (Å²) in [6, 6.07) is 4.74. The van der Waals surface area contributed by atoms with Crippen molar-refractivity contribution in [3.63, 3.8) is 0 Å². The highest BCUT2D eigenvalue weighted by molar-refractivity contribution is 5.73. The van der Waals surface area contributed by atoms with E-state index in [0.29, 0.717) is 12.2 Å². The van der Waals surface area contributed by atoms with Crippen LogP contribution in [0.2, 0.25) is 0 Å². The fourth-order valence-corrected chi connectivity index (χ4v) is 3.00. The van der Waals surface area contributed by atoms with Gasteiger partial charge < -0.3 is 20.2 Å². The summed E-state index contributed by atoms with van der Waals surface area (Å²) in [4.78, 5) is 15.4. The number of benzene rings is 1. The monoisotopic (exact) mass is 323 g/mol. The van der Waals surface area contributed by atoms with Crippen LogP contribution in [0.3, 0.4) is 0 Å². The van der Waals surface area contributed by atoms with Gasteiger partial charge in [-0.25, -0.2) is 9.18 Å². The predicted octanol–water partition coefficient (Wildman–Crippen LogP) is 2.19. The highest BCUT2D eigenvalue weighted by Crippen LogP contribution is 2.26. The Bertz CT molecular complexity index is 551. The number of amides is 2. The molecular weight excluding hydrogens is 297 g/mol. The number of carbonyl (C=O) groups excluding carboxylic acids is 1. The van der Waals surface area contributed by atoms with Gasteiger partial charge in [0.05, 0.1) is 11.8 Å². The van der Waals surface area contributed by atoms with Gasteiger partial charge in [0, 0.05) is 40.2 Å². The molecule has 128 valence electrons. The molecule has 1 aliphatic rings. The van der Waals surface area contributed by atoms with E-state index in [1.165, 1.54) is 6.07 Å². The lowest BCUT2D eigenvalue weighted by molar-refractivity contribution is 0.114. The molecule has 1 saturated carbocycles. The summed E-state index contributed by atoms with van der Waals surface area (Å²) in [6.45, 7) is 0.821. The third kappa shape index (κ3) is 4.58. The molecule has 1 aliphatic carbocycles. The van der Waals surface area contributed by atoms with Crippen molar-refractivity contribution in [2.45, 2.75) is 31.9 Å². The van der Waals surface area contributed by atoms with Crippen LogP contribution in [0, 0.1) is 11.7 Å². The van der Waals surface area contributed by atoms with Gasteiger partial charge in [0.1, 0.15) is 5.82 Å². The van der Waals surface area contributed by atoms with Crippen molar-refractivity contribution in [1.82, 2.24) is 10.2 Å². The van der Waals surface area contributed by atoms with Crippen molar-refractivity contribution in [2.24, 2.45) is 5.92 Å². The van der Waals surface area contributed by atoms with Gasteiger partial charge in [0.2, 0.25) is 0 Å². The summed E-state index contributed by atoms with van der Waals surface area (Å²) < 4.78 is 13.9. The van der Waals surface area contributed by atoms with Gasteiger partial charge in [-0.3, -0.25) is 0 Å². The summed E-state index contributed by atoms with van der Waals surface area (Å²) in [5.41, 5.74) is 1.24. The number of nitrogens with one attached hydrogen (secondary N) is 1. The smallest absolute Gasteiger partial charge is 0.317 e. The van der Waals surface area contributed by atoms with Gasteiger partial charge in [0.15, 0.2) is 0 Å². The van der Waals surface area contributed by atoms with Crippen LogP contribution in [0.15, 0.2) is 18.2 Å². The number of nitrogens with zero attached hydrogens (tertiary/aromatic N) is 2. The zero-order chi connectivity index (χ0) is 17.0. The Morgan fingerprint density at radius 1 is 1.35 bits per heavy atom. The maximum absolute atomic E-state index is 13.9. The molecule has 2 amide bonds. The van der Waals surface area contributed by atoms with Crippen LogP contribution in [0.1, 0.15) is 24.8 Å². The number of urea groups is 1. The molecule has 1 aromatic carbocycles. The second-order valence-corrected chi connectivity index (χ2v) is 6.48. The van der Waals surface area contributed by atoms with Gasteiger partial charge in [-0.15, -0.1) is 0 Å². The van der Waals surface area contributed by atoms with Crippen LogP contribution in [0.5, 0.6) is 0 Å². The standard InChI is InChI=1S/C17H26FN3O2/c1-20(2)15-8-7-12(9-14(15)18)10-19-17(23)21(3)11-13-5-4-6-16(13)22/h7-9,13,16,22H,4-6,10-11H2,1-3H3,(H,19,23). The number of halogens is 1. The van der Waals surface area contributed by atoms with Crippen molar-refractivity contribution in [1.29, 1.82) is 0 Å². The second-order valence-electron chi connectivity index (χ2n) is 6.48. The Balaban J connectivity index is 1.85. The molecule has 1 aromatic rings. The zero-order valence-electron chi connectivity index (χ0n) is 14.1. The lowest BCUT2D eigenvalue weighted by Crippen LogP contribution is -2.40. The third-order valence-corrected chi connectivity index (χ3v) is 4.41. The molecule has 2 N–H and O–H groups in total. The molecule has 0 heterocycles. The maximum atomic E-state index is 13.9. The third-order valence-electron chi connectivity index (χ3n) is 4.41. The molecule has 2 atom stereocenters. The fraction of sp³-hybridized carbons (Fsp3) is 0.588. The molecule has 0 aliphatic heterocycles. The molecule has 2 rings (SSSR count). The first-order valence-electron chi connectivity index (χ1n) is 8.01. The number of rotatable bonds is 5. The van der Waals surface area contributed by atoms with E-state index in [1.807, 2.05) is 0 Å². The average molecular weight is 323 g/mol. The van der Waals surface area contributed by atoms with Gasteiger partial charge in [-0.2, -0.15) is 0 Å². The summed E-state index contributed by atoms with van der Waals surface area (Å²) in [7, 11) is 5.29. The topological polar surface area (TPSA) is 55.8 Å². The van der Waals surface area contributed by atoms with E-state index in [2.05, 4.69) is 5.32 Å². The number of aliphatic hydroxyl groups excluding tert-OH is 1. The van der Waals surface area contributed by atoms with Gasteiger partial charge in [-0.05, 0) is 30.5 Å². The molecule has 0 aromatic heterocycles. The van der Waals surface area contributed by atoms with E-state index in [1.54, 1.807) is 43.1 Å². The van der Waals surface area contributed by atoms with E-state index in [-0.39, 0.29) is 30.4 Å². The molecule has 0 spiro atoms. The maximum Gasteiger partial charge on any atom is 0.317 e. The van der Waals surface area contributed by atoms with Crippen molar-refractivity contribution >= 4 is 11.7 Å². The highest BCUT2D eigenvalue weighted by atomic mass is 19.1. The molecule has 0 radical (unpaired) electrons. The number of aliphatic hydroxyl groups is 1. The summed E-state index contributed by atoms with van der Waals surface area (Å²) in [5.74, 6) is -0.147. The normalized spacial score (nSPS) is 20.4. The van der Waals surface area contributed by atoms with Crippen LogP contribution >= 0.6 is 0 Å². The first-order valence-corrected chi connectivity index (χ1v) is 8.01. The lowest BCUT2D eigenvalue weighted by atomic mass is 10.1. The Kier molecular flexibility index (Phi) is 5.82. The van der Waals surface area contributed by atoms with Gasteiger partial charge in [0.25, 0.3) is 0 Å². The summed E-state index contributed by atoms with van der Waals surface area (Å²) in [6.07, 6.45) is 2.48. The van der Waals surface area contributed by atoms with Gasteiger partial charge in [-0.1, -0.05) is 12.5 Å². The number of anilines is 1. The number of hydrogen-bond donors (Lipinski definition) is 2. The lowest BCUT2D eigenvalue weighted by Gasteiger charge is -2.23. The predicted molar refractivity (Wildman–Crippen MR) is 88.9 cm³/mol. The largest absolute Gasteiger partial charge is 0.393 e. The van der Waals surface area contributed by atoms with Crippen LogP contribution in [0.25, 0.3) is 0 Å². The van der Waals surface area contributed by atoms with E-state index in [4.69, 9.17) is 0 Å². The van der Waals surface area contributed by atoms with Crippen molar-refractivity contribution < 1.29 is 14.3 Å². The van der Waals surface area contributed by atoms with Crippen molar-refractivity contribution in [3.05, 3.63) is 29.6 Å². The summed E-state index contributed by atoms with van der Waals surface area (Å²) in [5, 5.41) is 12.6. The molecule has 5 nitrogen and oxygen atoms in total. The minimum absolute atomic E-state index is 0.155. The Morgan fingerprint density at radius 3 is 2.65 bits per heavy atom. The average Bonchev–Trinajstić information content (AvgIpc) is 2.89. The Hall–Kier alpha value is -1.82. The van der Waals surface area contributed by atoms with Gasteiger partial charge >= 0.3 is 6.03 Å². The zero-order valence-corrected chi connectivity index (χ0v) is 14.1. The molecule has 0 bridgehead atoms. The van der Waals surface area contributed by atoms with Crippen LogP contribution in [-0.2, 0) is 6.54 Å². The fourth-order valence-electron chi connectivity index (χ4n) is 3.00.